The summed E-state index contributed by atoms with van der Waals surface area (Å²) in [5.41, 5.74) is 0. The largest absolute Gasteiger partial charge is 0.391 e. The summed E-state index contributed by atoms with van der Waals surface area (Å²) in [6, 6.07) is 5.00. The predicted molar refractivity (Wildman–Crippen MR) is 55.4 cm³/mol. The molecule has 0 atom stereocenters. The second kappa shape index (κ2) is 3.36. The molecule has 0 amide bonds. The minimum absolute atomic E-state index is 0.00735. The fourth-order valence-electron chi connectivity index (χ4n) is 1.18. The maximum Gasteiger partial charge on any atom is 0.138 e. The summed E-state index contributed by atoms with van der Waals surface area (Å²) < 4.78 is 14.4. The smallest absolute Gasteiger partial charge is 0.138 e. The Bertz CT molecular complexity index is 452. The molecule has 2 rings (SSSR count). The van der Waals surface area contributed by atoms with Crippen LogP contribution in [0.2, 0.25) is 0 Å². The van der Waals surface area contributed by atoms with Crippen molar-refractivity contribution < 1.29 is 9.50 Å². The van der Waals surface area contributed by atoms with E-state index in [1.54, 1.807) is 6.07 Å². The molecule has 0 fully saturated rings. The molecule has 1 aromatic carbocycles. The van der Waals surface area contributed by atoms with Gasteiger partial charge in [0.25, 0.3) is 0 Å². The summed E-state index contributed by atoms with van der Waals surface area (Å²) in [5, 5.41) is 9.86. The Labute approximate surface area is 86.9 Å². The van der Waals surface area contributed by atoms with Gasteiger partial charge in [-0.15, -0.1) is 11.3 Å². The van der Waals surface area contributed by atoms with E-state index in [2.05, 4.69) is 15.9 Å². The van der Waals surface area contributed by atoms with Gasteiger partial charge in [-0.2, -0.15) is 0 Å². The van der Waals surface area contributed by atoms with Gasteiger partial charge in [0.1, 0.15) is 5.82 Å². The van der Waals surface area contributed by atoms with Crippen LogP contribution >= 0.6 is 27.3 Å². The van der Waals surface area contributed by atoms with Crippen molar-refractivity contribution in [3.8, 4) is 0 Å². The van der Waals surface area contributed by atoms with E-state index in [-0.39, 0.29) is 12.4 Å². The molecule has 2 aromatic rings. The zero-order valence-corrected chi connectivity index (χ0v) is 8.95. The number of aliphatic hydroxyl groups excluding tert-OH is 1. The van der Waals surface area contributed by atoms with Crippen LogP contribution < -0.4 is 0 Å². The highest BCUT2D eigenvalue weighted by atomic mass is 79.9. The van der Waals surface area contributed by atoms with Crippen LogP contribution in [0.15, 0.2) is 22.7 Å². The number of hydrogen-bond donors (Lipinski definition) is 1. The summed E-state index contributed by atoms with van der Waals surface area (Å²) in [6.45, 7) is 0.00735. The predicted octanol–water partition coefficient (Wildman–Crippen LogP) is 3.30. The standard InChI is InChI=1S/C9H6BrFOS/c10-8-7(11)2-1-5-3-6(4-12)13-9(5)8/h1-3,12H,4H2. The van der Waals surface area contributed by atoms with Gasteiger partial charge in [0.2, 0.25) is 0 Å². The third-order valence-corrected chi connectivity index (χ3v) is 3.98. The van der Waals surface area contributed by atoms with Crippen LogP contribution in [0.4, 0.5) is 4.39 Å². The van der Waals surface area contributed by atoms with Crippen molar-refractivity contribution in [1.29, 1.82) is 0 Å². The van der Waals surface area contributed by atoms with E-state index < -0.39 is 0 Å². The van der Waals surface area contributed by atoms with E-state index in [1.807, 2.05) is 6.07 Å². The van der Waals surface area contributed by atoms with Crippen molar-refractivity contribution in [2.45, 2.75) is 6.61 Å². The molecule has 0 saturated heterocycles. The van der Waals surface area contributed by atoms with Crippen LogP contribution in [0, 0.1) is 5.82 Å². The summed E-state index contributed by atoms with van der Waals surface area (Å²) in [6.07, 6.45) is 0. The van der Waals surface area contributed by atoms with Gasteiger partial charge in [-0.05, 0) is 33.4 Å². The average molecular weight is 261 g/mol. The Hall–Kier alpha value is -0.450. The SMILES string of the molecule is OCc1cc2ccc(F)c(Br)c2s1. The van der Waals surface area contributed by atoms with Crippen LogP contribution in [-0.2, 0) is 6.61 Å². The number of aliphatic hydroxyl groups is 1. The van der Waals surface area contributed by atoms with E-state index in [4.69, 9.17) is 5.11 Å². The maximum atomic E-state index is 13.1. The van der Waals surface area contributed by atoms with E-state index >= 15 is 0 Å². The number of fused-ring (bicyclic) bond motifs is 1. The van der Waals surface area contributed by atoms with E-state index in [0.29, 0.717) is 4.47 Å². The summed E-state index contributed by atoms with van der Waals surface area (Å²) in [7, 11) is 0. The molecule has 13 heavy (non-hydrogen) atoms. The second-order valence-electron chi connectivity index (χ2n) is 2.65. The number of benzene rings is 1. The lowest BCUT2D eigenvalue weighted by Gasteiger charge is -1.94. The van der Waals surface area contributed by atoms with E-state index in [1.165, 1.54) is 17.4 Å². The molecule has 1 nitrogen and oxygen atoms in total. The Kier molecular flexibility index (Phi) is 2.36. The van der Waals surface area contributed by atoms with Gasteiger partial charge >= 0.3 is 0 Å². The zero-order valence-electron chi connectivity index (χ0n) is 6.55. The van der Waals surface area contributed by atoms with Crippen LogP contribution in [0.3, 0.4) is 0 Å². The zero-order chi connectivity index (χ0) is 9.42. The van der Waals surface area contributed by atoms with Gasteiger partial charge in [-0.25, -0.2) is 4.39 Å². The summed E-state index contributed by atoms with van der Waals surface area (Å²) in [5.74, 6) is -0.265. The second-order valence-corrected chi connectivity index (χ2v) is 4.58. The molecule has 0 radical (unpaired) electrons. The normalized spacial score (nSPS) is 11.0. The molecule has 0 aliphatic heterocycles. The highest BCUT2D eigenvalue weighted by Crippen LogP contribution is 2.33. The van der Waals surface area contributed by atoms with E-state index in [0.717, 1.165) is 15.0 Å². The number of halogens is 2. The lowest BCUT2D eigenvalue weighted by molar-refractivity contribution is 0.285. The lowest BCUT2D eigenvalue weighted by atomic mass is 10.2. The Morgan fingerprint density at radius 1 is 1.46 bits per heavy atom. The van der Waals surface area contributed by atoms with Crippen molar-refractivity contribution in [3.63, 3.8) is 0 Å². The number of hydrogen-bond acceptors (Lipinski definition) is 2. The van der Waals surface area contributed by atoms with Crippen LogP contribution in [-0.4, -0.2) is 5.11 Å². The summed E-state index contributed by atoms with van der Waals surface area (Å²) in [4.78, 5) is 0.848. The van der Waals surface area contributed by atoms with Crippen molar-refractivity contribution in [2.75, 3.05) is 0 Å². The highest BCUT2D eigenvalue weighted by molar-refractivity contribution is 9.10. The van der Waals surface area contributed by atoms with Crippen molar-refractivity contribution in [1.82, 2.24) is 0 Å². The molecule has 0 saturated carbocycles. The lowest BCUT2D eigenvalue weighted by Crippen LogP contribution is -1.74. The van der Waals surface area contributed by atoms with Gasteiger partial charge < -0.3 is 5.11 Å². The number of rotatable bonds is 1. The van der Waals surface area contributed by atoms with Crippen molar-refractivity contribution >= 4 is 37.4 Å². The molecule has 1 N–H and O–H groups in total. The van der Waals surface area contributed by atoms with Crippen molar-refractivity contribution in [2.24, 2.45) is 0 Å². The van der Waals surface area contributed by atoms with Gasteiger partial charge in [-0.3, -0.25) is 0 Å². The molecular formula is C9H6BrFOS. The minimum atomic E-state index is -0.265. The first-order valence-electron chi connectivity index (χ1n) is 3.69. The van der Waals surface area contributed by atoms with Crippen LogP contribution in [0.5, 0.6) is 0 Å². The van der Waals surface area contributed by atoms with Crippen LogP contribution in [0.25, 0.3) is 10.1 Å². The van der Waals surface area contributed by atoms with Gasteiger partial charge in [0, 0.05) is 4.88 Å². The quantitative estimate of drug-likeness (QED) is 0.835. The van der Waals surface area contributed by atoms with Gasteiger partial charge in [0.15, 0.2) is 0 Å². The first-order chi connectivity index (χ1) is 6.22. The third kappa shape index (κ3) is 1.49. The summed E-state index contributed by atoms with van der Waals surface area (Å²) >= 11 is 4.58. The molecule has 1 heterocycles. The maximum absolute atomic E-state index is 13.1. The van der Waals surface area contributed by atoms with Crippen molar-refractivity contribution in [3.05, 3.63) is 33.4 Å². The third-order valence-electron chi connectivity index (χ3n) is 1.79. The van der Waals surface area contributed by atoms with Gasteiger partial charge in [0.05, 0.1) is 15.8 Å². The topological polar surface area (TPSA) is 20.2 Å². The molecule has 0 bridgehead atoms. The molecule has 68 valence electrons. The molecule has 0 aliphatic carbocycles. The Balaban J connectivity index is 2.76. The highest BCUT2D eigenvalue weighted by Gasteiger charge is 2.07. The average Bonchev–Trinajstić information content (AvgIpc) is 2.55. The molecule has 1 aromatic heterocycles. The molecule has 0 aliphatic rings. The first-order valence-corrected chi connectivity index (χ1v) is 5.30. The molecule has 4 heteroatoms. The van der Waals surface area contributed by atoms with Gasteiger partial charge in [-0.1, -0.05) is 6.07 Å². The minimum Gasteiger partial charge on any atom is -0.391 e. The fraction of sp³-hybridized carbons (Fsp3) is 0.111. The molecule has 0 spiro atoms. The first kappa shape index (κ1) is 9.12. The van der Waals surface area contributed by atoms with E-state index in [9.17, 15) is 4.39 Å². The Morgan fingerprint density at radius 2 is 2.23 bits per heavy atom. The number of thiophene rings is 1. The fourth-order valence-corrected chi connectivity index (χ4v) is 2.72. The monoisotopic (exact) mass is 260 g/mol. The molecule has 0 unspecified atom stereocenters. The molecular weight excluding hydrogens is 255 g/mol. The Morgan fingerprint density at radius 3 is 2.92 bits per heavy atom. The van der Waals surface area contributed by atoms with Crippen LogP contribution in [0.1, 0.15) is 4.88 Å².